The van der Waals surface area contributed by atoms with Crippen molar-refractivity contribution in [2.24, 2.45) is 5.92 Å². The van der Waals surface area contributed by atoms with Crippen molar-refractivity contribution in [2.45, 2.75) is 25.9 Å². The Kier molecular flexibility index (Phi) is 4.78. The Bertz CT molecular complexity index is 778. The topological polar surface area (TPSA) is 58.1 Å². The SMILES string of the molecule is Cc1ccc2ncnc(N3CCCC(C(=O)NCC(F)(F)F)C3)c2c1. The molecular weight excluding hydrogens is 333 g/mol. The number of halogens is 3. The zero-order valence-corrected chi connectivity index (χ0v) is 13.8. The van der Waals surface area contributed by atoms with Crippen molar-refractivity contribution in [3.8, 4) is 0 Å². The van der Waals surface area contributed by atoms with Crippen LogP contribution in [0.15, 0.2) is 24.5 Å². The van der Waals surface area contributed by atoms with E-state index in [1.54, 1.807) is 0 Å². The number of hydrogen-bond acceptors (Lipinski definition) is 4. The number of aryl methyl sites for hydroxylation is 1. The molecule has 0 aliphatic carbocycles. The molecule has 1 unspecified atom stereocenters. The van der Waals surface area contributed by atoms with Gasteiger partial charge in [-0.2, -0.15) is 13.2 Å². The molecule has 2 aromatic rings. The highest BCUT2D eigenvalue weighted by atomic mass is 19.4. The van der Waals surface area contributed by atoms with Crippen LogP contribution in [-0.4, -0.2) is 41.7 Å². The van der Waals surface area contributed by atoms with Gasteiger partial charge in [0.15, 0.2) is 0 Å². The summed E-state index contributed by atoms with van der Waals surface area (Å²) in [5.74, 6) is -0.315. The molecule has 8 heteroatoms. The van der Waals surface area contributed by atoms with Crippen molar-refractivity contribution in [2.75, 3.05) is 24.5 Å². The van der Waals surface area contributed by atoms with Gasteiger partial charge in [0, 0.05) is 18.5 Å². The van der Waals surface area contributed by atoms with Crippen LogP contribution in [0.5, 0.6) is 0 Å². The Balaban J connectivity index is 1.78. The quantitative estimate of drug-likeness (QED) is 0.923. The molecule has 3 rings (SSSR count). The minimum absolute atomic E-state index is 0.351. The standard InChI is InChI=1S/C17H19F3N4O/c1-11-4-5-14-13(7-11)15(23-10-22-14)24-6-2-3-12(8-24)16(25)21-9-17(18,19)20/h4-5,7,10,12H,2-3,6,8-9H2,1H3,(H,21,25). The van der Waals surface area contributed by atoms with Gasteiger partial charge in [0.1, 0.15) is 18.7 Å². The number of rotatable bonds is 3. The number of nitrogens with zero attached hydrogens (tertiary/aromatic N) is 3. The van der Waals surface area contributed by atoms with Gasteiger partial charge in [0.05, 0.1) is 11.4 Å². The normalized spacial score (nSPS) is 18.4. The number of aromatic nitrogens is 2. The summed E-state index contributed by atoms with van der Waals surface area (Å²) in [6.07, 6.45) is -1.63. The molecule has 1 atom stereocenters. The second-order valence-electron chi connectivity index (χ2n) is 6.34. The number of carbonyl (C=O) groups excluding carboxylic acids is 1. The van der Waals surface area contributed by atoms with Crippen LogP contribution in [-0.2, 0) is 4.79 Å². The van der Waals surface area contributed by atoms with Gasteiger partial charge in [0.2, 0.25) is 5.91 Å². The van der Waals surface area contributed by atoms with Crippen LogP contribution in [0.1, 0.15) is 18.4 Å². The predicted octanol–water partition coefficient (Wildman–Crippen LogP) is 2.83. The van der Waals surface area contributed by atoms with Crippen LogP contribution in [0.2, 0.25) is 0 Å². The van der Waals surface area contributed by atoms with Crippen LogP contribution >= 0.6 is 0 Å². The van der Waals surface area contributed by atoms with Crippen molar-refractivity contribution in [3.05, 3.63) is 30.1 Å². The summed E-state index contributed by atoms with van der Waals surface area (Å²) >= 11 is 0. The fourth-order valence-corrected chi connectivity index (χ4v) is 3.12. The highest BCUT2D eigenvalue weighted by Gasteiger charge is 2.32. The van der Waals surface area contributed by atoms with Crippen molar-refractivity contribution in [1.29, 1.82) is 0 Å². The van der Waals surface area contributed by atoms with E-state index in [4.69, 9.17) is 0 Å². The van der Waals surface area contributed by atoms with Gasteiger partial charge in [-0.05, 0) is 31.9 Å². The van der Waals surface area contributed by atoms with E-state index in [2.05, 4.69) is 9.97 Å². The summed E-state index contributed by atoms with van der Waals surface area (Å²) < 4.78 is 36.9. The molecule has 5 nitrogen and oxygen atoms in total. The highest BCUT2D eigenvalue weighted by molar-refractivity contribution is 5.90. The third-order valence-corrected chi connectivity index (χ3v) is 4.32. The zero-order valence-electron chi connectivity index (χ0n) is 13.8. The molecule has 1 aliphatic rings. The summed E-state index contributed by atoms with van der Waals surface area (Å²) in [5.41, 5.74) is 1.87. The molecule has 0 saturated carbocycles. The largest absolute Gasteiger partial charge is 0.405 e. The summed E-state index contributed by atoms with van der Waals surface area (Å²) in [5, 5.41) is 2.88. The van der Waals surface area contributed by atoms with Crippen LogP contribution in [0.3, 0.4) is 0 Å². The fraction of sp³-hybridized carbons (Fsp3) is 0.471. The number of hydrogen-bond donors (Lipinski definition) is 1. The zero-order chi connectivity index (χ0) is 18.0. The van der Waals surface area contributed by atoms with E-state index >= 15 is 0 Å². The number of amides is 1. The van der Waals surface area contributed by atoms with Gasteiger partial charge < -0.3 is 10.2 Å². The maximum Gasteiger partial charge on any atom is 0.405 e. The first-order valence-corrected chi connectivity index (χ1v) is 8.14. The van der Waals surface area contributed by atoms with E-state index < -0.39 is 24.5 Å². The van der Waals surface area contributed by atoms with E-state index in [9.17, 15) is 18.0 Å². The Morgan fingerprint density at radius 3 is 2.92 bits per heavy atom. The third kappa shape index (κ3) is 4.18. The van der Waals surface area contributed by atoms with Crippen molar-refractivity contribution >= 4 is 22.6 Å². The van der Waals surface area contributed by atoms with E-state index in [0.29, 0.717) is 19.5 Å². The Hall–Kier alpha value is -2.38. The van der Waals surface area contributed by atoms with E-state index in [0.717, 1.165) is 28.7 Å². The summed E-state index contributed by atoms with van der Waals surface area (Å²) in [7, 11) is 0. The molecule has 1 aliphatic heterocycles. The summed E-state index contributed by atoms with van der Waals surface area (Å²) in [6.45, 7) is 1.74. The van der Waals surface area contributed by atoms with Gasteiger partial charge in [-0.3, -0.25) is 4.79 Å². The van der Waals surface area contributed by atoms with E-state index in [1.165, 1.54) is 6.33 Å². The minimum atomic E-state index is -4.40. The lowest BCUT2D eigenvalue weighted by Crippen LogP contribution is -2.45. The number of benzene rings is 1. The summed E-state index contributed by atoms with van der Waals surface area (Å²) in [4.78, 5) is 22.6. The minimum Gasteiger partial charge on any atom is -0.355 e. The average molecular weight is 352 g/mol. The molecule has 0 spiro atoms. The highest BCUT2D eigenvalue weighted by Crippen LogP contribution is 2.28. The average Bonchev–Trinajstić information content (AvgIpc) is 2.58. The van der Waals surface area contributed by atoms with Crippen LogP contribution in [0.25, 0.3) is 10.9 Å². The second-order valence-corrected chi connectivity index (χ2v) is 6.34. The van der Waals surface area contributed by atoms with Gasteiger partial charge in [-0.15, -0.1) is 0 Å². The molecule has 2 heterocycles. The molecule has 1 aromatic carbocycles. The Morgan fingerprint density at radius 2 is 2.16 bits per heavy atom. The van der Waals surface area contributed by atoms with Crippen molar-refractivity contribution in [1.82, 2.24) is 15.3 Å². The first-order chi connectivity index (χ1) is 11.8. The molecule has 0 radical (unpaired) electrons. The lowest BCUT2D eigenvalue weighted by molar-refractivity contribution is -0.140. The maximum absolute atomic E-state index is 12.3. The van der Waals surface area contributed by atoms with Gasteiger partial charge in [0.25, 0.3) is 0 Å². The molecule has 1 saturated heterocycles. The lowest BCUT2D eigenvalue weighted by Gasteiger charge is -2.33. The predicted molar refractivity (Wildman–Crippen MR) is 88.3 cm³/mol. The second kappa shape index (κ2) is 6.85. The van der Waals surface area contributed by atoms with Gasteiger partial charge >= 0.3 is 6.18 Å². The number of fused-ring (bicyclic) bond motifs is 1. The van der Waals surface area contributed by atoms with E-state index in [1.807, 2.05) is 35.3 Å². The van der Waals surface area contributed by atoms with E-state index in [-0.39, 0.29) is 0 Å². The first kappa shape index (κ1) is 17.4. The van der Waals surface area contributed by atoms with Crippen LogP contribution in [0.4, 0.5) is 19.0 Å². The smallest absolute Gasteiger partial charge is 0.355 e. The van der Waals surface area contributed by atoms with Crippen LogP contribution < -0.4 is 10.2 Å². The van der Waals surface area contributed by atoms with Crippen LogP contribution in [0, 0.1) is 12.8 Å². The molecule has 0 bridgehead atoms. The number of nitrogens with one attached hydrogen (secondary N) is 1. The van der Waals surface area contributed by atoms with Gasteiger partial charge in [-0.25, -0.2) is 9.97 Å². The number of carbonyl (C=O) groups is 1. The number of anilines is 1. The number of piperidine rings is 1. The van der Waals surface area contributed by atoms with Crippen molar-refractivity contribution in [3.63, 3.8) is 0 Å². The molecule has 1 fully saturated rings. The molecule has 1 aromatic heterocycles. The van der Waals surface area contributed by atoms with Gasteiger partial charge in [-0.1, -0.05) is 11.6 Å². The lowest BCUT2D eigenvalue weighted by atomic mass is 9.96. The van der Waals surface area contributed by atoms with Crippen molar-refractivity contribution < 1.29 is 18.0 Å². The molecule has 25 heavy (non-hydrogen) atoms. The maximum atomic E-state index is 12.3. The molecule has 134 valence electrons. The molecule has 1 amide bonds. The number of alkyl halides is 3. The first-order valence-electron chi connectivity index (χ1n) is 8.14. The summed E-state index contributed by atoms with van der Waals surface area (Å²) in [6, 6.07) is 5.86. The monoisotopic (exact) mass is 352 g/mol. The fourth-order valence-electron chi connectivity index (χ4n) is 3.12. The molecular formula is C17H19F3N4O. The Labute approximate surface area is 143 Å². The Morgan fingerprint density at radius 1 is 1.36 bits per heavy atom. The molecule has 1 N–H and O–H groups in total. The third-order valence-electron chi connectivity index (χ3n) is 4.32.